The Kier molecular flexibility index (Phi) is 4.39. The van der Waals surface area contributed by atoms with Crippen molar-refractivity contribution in [1.82, 2.24) is 0 Å². The molecule has 0 saturated heterocycles. The molecular formula is C15H17NO3S. The van der Waals surface area contributed by atoms with Gasteiger partial charge < -0.3 is 14.9 Å². The third-order valence-electron chi connectivity index (χ3n) is 2.88. The van der Waals surface area contributed by atoms with Gasteiger partial charge in [0.2, 0.25) is 5.76 Å². The fourth-order valence-corrected chi connectivity index (χ4v) is 2.77. The molecule has 0 aliphatic rings. The minimum Gasteiger partial charge on any atom is -0.463 e. The van der Waals surface area contributed by atoms with Crippen LogP contribution in [0.2, 0.25) is 0 Å². The molecule has 1 atom stereocenters. The molecule has 2 rings (SSSR count). The number of carbonyl (C=O) groups is 1. The van der Waals surface area contributed by atoms with Crippen LogP contribution >= 0.6 is 11.8 Å². The third kappa shape index (κ3) is 3.17. The maximum Gasteiger partial charge on any atom is 0.373 e. The summed E-state index contributed by atoms with van der Waals surface area (Å²) in [5.74, 6) is 0.463. The van der Waals surface area contributed by atoms with Crippen molar-refractivity contribution in [3.8, 4) is 0 Å². The summed E-state index contributed by atoms with van der Waals surface area (Å²) in [6.07, 6.45) is 0. The van der Waals surface area contributed by atoms with Crippen molar-refractivity contribution in [2.24, 2.45) is 0 Å². The van der Waals surface area contributed by atoms with E-state index in [4.69, 9.17) is 10.2 Å². The van der Waals surface area contributed by atoms with E-state index in [0.717, 1.165) is 21.9 Å². The molecule has 2 N–H and O–H groups in total. The summed E-state index contributed by atoms with van der Waals surface area (Å²) in [5, 5.41) is 0.0541. The van der Waals surface area contributed by atoms with Crippen molar-refractivity contribution in [2.75, 3.05) is 12.8 Å². The first kappa shape index (κ1) is 14.5. The number of rotatable bonds is 4. The van der Waals surface area contributed by atoms with E-state index in [9.17, 15) is 4.79 Å². The second-order valence-electron chi connectivity index (χ2n) is 4.49. The van der Waals surface area contributed by atoms with Crippen molar-refractivity contribution in [3.05, 3.63) is 47.4 Å². The number of hydrogen-bond acceptors (Lipinski definition) is 5. The van der Waals surface area contributed by atoms with E-state index in [1.54, 1.807) is 23.9 Å². The topological polar surface area (TPSA) is 65.5 Å². The first-order chi connectivity index (χ1) is 9.51. The maximum atomic E-state index is 11.4. The second kappa shape index (κ2) is 6.05. The van der Waals surface area contributed by atoms with Gasteiger partial charge >= 0.3 is 5.97 Å². The minimum atomic E-state index is -0.469. The number of benzene rings is 1. The number of furan rings is 1. The van der Waals surface area contributed by atoms with Crippen LogP contribution in [0.1, 0.15) is 34.1 Å². The SMILES string of the molecule is COC(=O)c1ccc(C(C)Sc2ccc(C)cc2N)o1. The highest BCUT2D eigenvalue weighted by atomic mass is 32.2. The van der Waals surface area contributed by atoms with Gasteiger partial charge in [-0.3, -0.25) is 0 Å². The second-order valence-corrected chi connectivity index (χ2v) is 5.88. The smallest absolute Gasteiger partial charge is 0.373 e. The minimum absolute atomic E-state index is 0.0541. The van der Waals surface area contributed by atoms with Gasteiger partial charge in [-0.05, 0) is 43.7 Å². The van der Waals surface area contributed by atoms with Crippen molar-refractivity contribution < 1.29 is 13.9 Å². The predicted octanol–water partition coefficient (Wildman–Crippen LogP) is 3.81. The Hall–Kier alpha value is -1.88. The summed E-state index contributed by atoms with van der Waals surface area (Å²) in [6, 6.07) is 9.37. The highest BCUT2D eigenvalue weighted by Gasteiger charge is 2.17. The average molecular weight is 291 g/mol. The number of esters is 1. The molecule has 1 unspecified atom stereocenters. The molecule has 4 nitrogen and oxygen atoms in total. The molecule has 0 amide bonds. The quantitative estimate of drug-likeness (QED) is 0.527. The summed E-state index contributed by atoms with van der Waals surface area (Å²) >= 11 is 1.59. The normalized spacial score (nSPS) is 12.2. The molecule has 5 heteroatoms. The molecule has 20 heavy (non-hydrogen) atoms. The summed E-state index contributed by atoms with van der Waals surface area (Å²) < 4.78 is 10.1. The predicted molar refractivity (Wildman–Crippen MR) is 79.9 cm³/mol. The van der Waals surface area contributed by atoms with Crippen molar-refractivity contribution in [3.63, 3.8) is 0 Å². The number of nitrogen functional groups attached to an aromatic ring is 1. The number of ether oxygens (including phenoxy) is 1. The maximum absolute atomic E-state index is 11.4. The number of carbonyl (C=O) groups excluding carboxylic acids is 1. The number of anilines is 1. The summed E-state index contributed by atoms with van der Waals surface area (Å²) in [4.78, 5) is 12.4. The standard InChI is InChI=1S/C15H17NO3S/c1-9-4-7-14(11(16)8-9)20-10(2)12-5-6-13(19-12)15(17)18-3/h4-8,10H,16H2,1-3H3. The van der Waals surface area contributed by atoms with Crippen LogP contribution in [0, 0.1) is 6.92 Å². The Labute approximate surface area is 122 Å². The molecule has 0 fully saturated rings. The lowest BCUT2D eigenvalue weighted by Crippen LogP contribution is -1.98. The van der Waals surface area contributed by atoms with Crippen molar-refractivity contribution >= 4 is 23.4 Å². The third-order valence-corrected chi connectivity index (χ3v) is 4.09. The van der Waals surface area contributed by atoms with Gasteiger partial charge in [0.25, 0.3) is 0 Å². The monoisotopic (exact) mass is 291 g/mol. The lowest BCUT2D eigenvalue weighted by molar-refractivity contribution is 0.0563. The van der Waals surface area contributed by atoms with E-state index in [1.165, 1.54) is 7.11 Å². The van der Waals surface area contributed by atoms with Crippen LogP contribution in [0.4, 0.5) is 5.69 Å². The lowest BCUT2D eigenvalue weighted by atomic mass is 10.2. The average Bonchev–Trinajstić information content (AvgIpc) is 2.90. The Balaban J connectivity index is 2.13. The van der Waals surface area contributed by atoms with Gasteiger partial charge in [-0.2, -0.15) is 0 Å². The molecule has 0 saturated carbocycles. The van der Waals surface area contributed by atoms with E-state index in [-0.39, 0.29) is 11.0 Å². The Morgan fingerprint density at radius 1 is 1.35 bits per heavy atom. The van der Waals surface area contributed by atoms with E-state index < -0.39 is 5.97 Å². The Morgan fingerprint density at radius 2 is 2.10 bits per heavy atom. The van der Waals surface area contributed by atoms with E-state index in [0.29, 0.717) is 0 Å². The van der Waals surface area contributed by atoms with Crippen LogP contribution < -0.4 is 5.73 Å². The molecular weight excluding hydrogens is 274 g/mol. The fraction of sp³-hybridized carbons (Fsp3) is 0.267. The zero-order chi connectivity index (χ0) is 14.7. The van der Waals surface area contributed by atoms with E-state index in [1.807, 2.05) is 32.0 Å². The number of hydrogen-bond donors (Lipinski definition) is 1. The van der Waals surface area contributed by atoms with Crippen LogP contribution in [0.3, 0.4) is 0 Å². The summed E-state index contributed by atoms with van der Waals surface area (Å²) in [5.41, 5.74) is 7.88. The highest BCUT2D eigenvalue weighted by Crippen LogP contribution is 2.38. The van der Waals surface area contributed by atoms with E-state index >= 15 is 0 Å². The Morgan fingerprint density at radius 3 is 2.75 bits per heavy atom. The van der Waals surface area contributed by atoms with Crippen LogP contribution in [-0.2, 0) is 4.74 Å². The van der Waals surface area contributed by atoms with Crippen LogP contribution in [0.25, 0.3) is 0 Å². The van der Waals surface area contributed by atoms with Crippen LogP contribution in [0.5, 0.6) is 0 Å². The van der Waals surface area contributed by atoms with Gasteiger partial charge in [0, 0.05) is 10.6 Å². The van der Waals surface area contributed by atoms with Gasteiger partial charge in [0.1, 0.15) is 5.76 Å². The molecule has 0 aliphatic carbocycles. The molecule has 106 valence electrons. The molecule has 1 aromatic heterocycles. The Bertz CT molecular complexity index is 621. The van der Waals surface area contributed by atoms with Gasteiger partial charge in [-0.15, -0.1) is 11.8 Å². The number of nitrogens with two attached hydrogens (primary N) is 1. The lowest BCUT2D eigenvalue weighted by Gasteiger charge is -2.11. The molecule has 1 aromatic carbocycles. The molecule has 0 bridgehead atoms. The largest absolute Gasteiger partial charge is 0.463 e. The zero-order valence-electron chi connectivity index (χ0n) is 11.7. The number of thioether (sulfide) groups is 1. The molecule has 1 heterocycles. The number of aryl methyl sites for hydroxylation is 1. The van der Waals surface area contributed by atoms with Crippen LogP contribution in [0.15, 0.2) is 39.6 Å². The van der Waals surface area contributed by atoms with Crippen LogP contribution in [-0.4, -0.2) is 13.1 Å². The van der Waals surface area contributed by atoms with Gasteiger partial charge in [-0.1, -0.05) is 6.07 Å². The van der Waals surface area contributed by atoms with Crippen molar-refractivity contribution in [2.45, 2.75) is 24.0 Å². The molecule has 0 spiro atoms. The van der Waals surface area contributed by atoms with Gasteiger partial charge in [0.05, 0.1) is 12.4 Å². The molecule has 0 radical (unpaired) electrons. The first-order valence-electron chi connectivity index (χ1n) is 6.22. The van der Waals surface area contributed by atoms with E-state index in [2.05, 4.69) is 4.74 Å². The first-order valence-corrected chi connectivity index (χ1v) is 7.10. The van der Waals surface area contributed by atoms with Crippen molar-refractivity contribution in [1.29, 1.82) is 0 Å². The summed E-state index contributed by atoms with van der Waals surface area (Å²) in [7, 11) is 1.33. The zero-order valence-corrected chi connectivity index (χ0v) is 12.5. The molecule has 0 aliphatic heterocycles. The van der Waals surface area contributed by atoms with Gasteiger partial charge in [0.15, 0.2) is 0 Å². The number of methoxy groups -OCH3 is 1. The summed E-state index contributed by atoms with van der Waals surface area (Å²) in [6.45, 7) is 4.01. The molecule has 2 aromatic rings. The van der Waals surface area contributed by atoms with Gasteiger partial charge in [-0.25, -0.2) is 4.79 Å². The fourth-order valence-electron chi connectivity index (χ4n) is 1.81. The highest BCUT2D eigenvalue weighted by molar-refractivity contribution is 7.99.